The SMILES string of the molecule is CCOC(=O)N1CCN(C(=O)c2ccc3c(c2)CCCS3)CC1. The second-order valence-electron chi connectivity index (χ2n) is 5.75. The summed E-state index contributed by atoms with van der Waals surface area (Å²) in [7, 11) is 0. The van der Waals surface area contributed by atoms with Gasteiger partial charge in [-0.2, -0.15) is 0 Å². The Morgan fingerprint density at radius 1 is 1.17 bits per heavy atom. The molecule has 2 amide bonds. The summed E-state index contributed by atoms with van der Waals surface area (Å²) in [5, 5.41) is 0. The zero-order valence-corrected chi connectivity index (χ0v) is 14.2. The number of nitrogens with zero attached hydrogens (tertiary/aromatic N) is 2. The number of carbonyl (C=O) groups is 2. The van der Waals surface area contributed by atoms with E-state index >= 15 is 0 Å². The minimum Gasteiger partial charge on any atom is -0.450 e. The minimum atomic E-state index is -0.287. The number of hydrogen-bond acceptors (Lipinski definition) is 4. The van der Waals surface area contributed by atoms with Gasteiger partial charge in [0.15, 0.2) is 0 Å². The number of rotatable bonds is 2. The molecule has 1 fully saturated rings. The monoisotopic (exact) mass is 334 g/mol. The smallest absolute Gasteiger partial charge is 0.409 e. The van der Waals surface area contributed by atoms with Crippen molar-refractivity contribution in [2.24, 2.45) is 0 Å². The first-order valence-corrected chi connectivity index (χ1v) is 9.14. The zero-order valence-electron chi connectivity index (χ0n) is 13.4. The molecule has 2 heterocycles. The number of ether oxygens (including phenoxy) is 1. The fourth-order valence-corrected chi connectivity index (χ4v) is 4.00. The Bertz CT molecular complexity index is 598. The van der Waals surface area contributed by atoms with Crippen LogP contribution < -0.4 is 0 Å². The zero-order chi connectivity index (χ0) is 16.2. The van der Waals surface area contributed by atoms with E-state index in [4.69, 9.17) is 4.74 Å². The number of carbonyl (C=O) groups excluding carboxylic acids is 2. The Morgan fingerprint density at radius 2 is 1.91 bits per heavy atom. The van der Waals surface area contributed by atoms with Gasteiger partial charge in [-0.15, -0.1) is 11.8 Å². The lowest BCUT2D eigenvalue weighted by Crippen LogP contribution is -2.50. The fourth-order valence-electron chi connectivity index (χ4n) is 2.98. The summed E-state index contributed by atoms with van der Waals surface area (Å²) in [5.41, 5.74) is 2.05. The standard InChI is InChI=1S/C17H22N2O3S/c1-2-22-17(21)19-9-7-18(8-10-19)16(20)14-5-6-15-13(12-14)4-3-11-23-15/h5-6,12H,2-4,7-11H2,1H3. The molecule has 1 aromatic rings. The molecule has 0 N–H and O–H groups in total. The third kappa shape index (κ3) is 3.63. The first kappa shape index (κ1) is 16.2. The van der Waals surface area contributed by atoms with Crippen molar-refractivity contribution in [2.75, 3.05) is 38.5 Å². The second-order valence-corrected chi connectivity index (χ2v) is 6.89. The Hall–Kier alpha value is -1.69. The molecule has 0 spiro atoms. The van der Waals surface area contributed by atoms with Gasteiger partial charge in [0, 0.05) is 36.6 Å². The van der Waals surface area contributed by atoms with Gasteiger partial charge >= 0.3 is 6.09 Å². The highest BCUT2D eigenvalue weighted by atomic mass is 32.2. The van der Waals surface area contributed by atoms with Crippen LogP contribution in [-0.4, -0.2) is 60.3 Å². The molecule has 1 aromatic carbocycles. The largest absolute Gasteiger partial charge is 0.450 e. The van der Waals surface area contributed by atoms with E-state index in [2.05, 4.69) is 6.07 Å². The lowest BCUT2D eigenvalue weighted by Gasteiger charge is -2.34. The van der Waals surface area contributed by atoms with Gasteiger partial charge in [0.2, 0.25) is 0 Å². The first-order chi connectivity index (χ1) is 11.2. The maximum atomic E-state index is 12.7. The molecule has 6 heteroatoms. The highest BCUT2D eigenvalue weighted by Gasteiger charge is 2.26. The highest BCUT2D eigenvalue weighted by molar-refractivity contribution is 7.99. The molecule has 0 aromatic heterocycles. The molecule has 2 aliphatic rings. The minimum absolute atomic E-state index is 0.0619. The van der Waals surface area contributed by atoms with Crippen LogP contribution in [0.5, 0.6) is 0 Å². The normalized spacial score (nSPS) is 17.6. The molecule has 2 aliphatic heterocycles. The maximum Gasteiger partial charge on any atom is 0.409 e. The number of piperazine rings is 1. The molecule has 0 saturated carbocycles. The van der Waals surface area contributed by atoms with Gasteiger partial charge in [0.25, 0.3) is 5.91 Å². The Labute approximate surface area is 141 Å². The van der Waals surface area contributed by atoms with E-state index < -0.39 is 0 Å². The van der Waals surface area contributed by atoms with E-state index in [1.54, 1.807) is 11.8 Å². The van der Waals surface area contributed by atoms with Crippen LogP contribution >= 0.6 is 11.8 Å². The molecule has 5 nitrogen and oxygen atoms in total. The van der Waals surface area contributed by atoms with Crippen molar-refractivity contribution in [1.82, 2.24) is 9.80 Å². The number of hydrogen-bond donors (Lipinski definition) is 0. The van der Waals surface area contributed by atoms with E-state index in [1.807, 2.05) is 28.8 Å². The number of benzene rings is 1. The lowest BCUT2D eigenvalue weighted by atomic mass is 10.1. The van der Waals surface area contributed by atoms with E-state index in [9.17, 15) is 9.59 Å². The topological polar surface area (TPSA) is 49.9 Å². The highest BCUT2D eigenvalue weighted by Crippen LogP contribution is 2.30. The van der Waals surface area contributed by atoms with Crippen LogP contribution in [0.3, 0.4) is 0 Å². The molecule has 0 radical (unpaired) electrons. The molecular weight excluding hydrogens is 312 g/mol. The van der Waals surface area contributed by atoms with Crippen molar-refractivity contribution in [3.05, 3.63) is 29.3 Å². The van der Waals surface area contributed by atoms with Crippen LogP contribution in [0.2, 0.25) is 0 Å². The quantitative estimate of drug-likeness (QED) is 0.834. The molecule has 124 valence electrons. The number of thioether (sulfide) groups is 1. The number of fused-ring (bicyclic) bond motifs is 1. The van der Waals surface area contributed by atoms with Gasteiger partial charge < -0.3 is 14.5 Å². The van der Waals surface area contributed by atoms with Crippen molar-refractivity contribution in [2.45, 2.75) is 24.7 Å². The molecule has 0 unspecified atom stereocenters. The van der Waals surface area contributed by atoms with E-state index in [1.165, 1.54) is 16.9 Å². The first-order valence-electron chi connectivity index (χ1n) is 8.15. The van der Waals surface area contributed by atoms with E-state index in [0.29, 0.717) is 32.8 Å². The van der Waals surface area contributed by atoms with Gasteiger partial charge in [0.05, 0.1) is 6.61 Å². The molecule has 0 aliphatic carbocycles. The maximum absolute atomic E-state index is 12.7. The van der Waals surface area contributed by atoms with Gasteiger partial charge in [-0.05, 0) is 49.3 Å². The molecular formula is C17H22N2O3S. The summed E-state index contributed by atoms with van der Waals surface area (Å²) >= 11 is 1.87. The van der Waals surface area contributed by atoms with Crippen LogP contribution in [0.1, 0.15) is 29.3 Å². The van der Waals surface area contributed by atoms with Crippen LogP contribution in [0.15, 0.2) is 23.1 Å². The average molecular weight is 334 g/mol. The van der Waals surface area contributed by atoms with Crippen LogP contribution in [0.25, 0.3) is 0 Å². The van der Waals surface area contributed by atoms with Crippen molar-refractivity contribution < 1.29 is 14.3 Å². The summed E-state index contributed by atoms with van der Waals surface area (Å²) in [4.78, 5) is 29.2. The van der Waals surface area contributed by atoms with Crippen molar-refractivity contribution in [3.63, 3.8) is 0 Å². The Balaban J connectivity index is 1.62. The predicted molar refractivity (Wildman–Crippen MR) is 90.0 cm³/mol. The van der Waals surface area contributed by atoms with E-state index in [-0.39, 0.29) is 12.0 Å². The molecule has 0 bridgehead atoms. The third-order valence-electron chi connectivity index (χ3n) is 4.25. The summed E-state index contributed by atoms with van der Waals surface area (Å²) < 4.78 is 5.01. The molecule has 23 heavy (non-hydrogen) atoms. The van der Waals surface area contributed by atoms with Gasteiger partial charge in [-0.25, -0.2) is 4.79 Å². The van der Waals surface area contributed by atoms with Crippen molar-refractivity contribution in [3.8, 4) is 0 Å². The van der Waals surface area contributed by atoms with Crippen LogP contribution in [0.4, 0.5) is 4.79 Å². The Kier molecular flexibility index (Phi) is 5.10. The molecule has 0 atom stereocenters. The number of aryl methyl sites for hydroxylation is 1. The lowest BCUT2D eigenvalue weighted by molar-refractivity contribution is 0.0570. The Morgan fingerprint density at radius 3 is 2.65 bits per heavy atom. The summed E-state index contributed by atoms with van der Waals surface area (Å²) in [6.45, 7) is 4.36. The predicted octanol–water partition coefficient (Wildman–Crippen LogP) is 2.64. The summed E-state index contributed by atoms with van der Waals surface area (Å²) in [6.07, 6.45) is 1.94. The van der Waals surface area contributed by atoms with Crippen LogP contribution in [0, 0.1) is 0 Å². The fraction of sp³-hybridized carbons (Fsp3) is 0.529. The second kappa shape index (κ2) is 7.25. The van der Waals surface area contributed by atoms with Gasteiger partial charge in [-0.1, -0.05) is 0 Å². The summed E-state index contributed by atoms with van der Waals surface area (Å²) in [5.74, 6) is 1.22. The van der Waals surface area contributed by atoms with Crippen LogP contribution in [-0.2, 0) is 11.2 Å². The van der Waals surface area contributed by atoms with Gasteiger partial charge in [0.1, 0.15) is 0 Å². The van der Waals surface area contributed by atoms with E-state index in [0.717, 1.165) is 17.7 Å². The third-order valence-corrected chi connectivity index (χ3v) is 5.45. The summed E-state index contributed by atoms with van der Waals surface area (Å²) in [6, 6.07) is 6.04. The molecule has 3 rings (SSSR count). The number of amides is 2. The van der Waals surface area contributed by atoms with Crippen molar-refractivity contribution >= 4 is 23.8 Å². The van der Waals surface area contributed by atoms with Crippen molar-refractivity contribution in [1.29, 1.82) is 0 Å². The average Bonchev–Trinajstić information content (AvgIpc) is 2.61. The van der Waals surface area contributed by atoms with Gasteiger partial charge in [-0.3, -0.25) is 4.79 Å². The molecule has 1 saturated heterocycles.